The molecule has 0 aromatic carbocycles. The second kappa shape index (κ2) is 3.14. The molecular formula is C5H3BBr2N2OS. The van der Waals surface area contributed by atoms with Gasteiger partial charge in [-0.05, 0) is 31.9 Å². The first kappa shape index (κ1) is 8.74. The maximum atomic E-state index is 9.44. The lowest BCUT2D eigenvalue weighted by Gasteiger charge is -2.08. The van der Waals surface area contributed by atoms with E-state index in [1.807, 2.05) is 0 Å². The van der Waals surface area contributed by atoms with Crippen molar-refractivity contribution in [1.29, 1.82) is 0 Å². The Balaban J connectivity index is 2.62. The third-order valence-corrected chi connectivity index (χ3v) is 5.06. The van der Waals surface area contributed by atoms with Crippen molar-refractivity contribution in [3.05, 3.63) is 13.8 Å². The Morgan fingerprint density at radius 1 is 1.58 bits per heavy atom. The van der Waals surface area contributed by atoms with Crippen LogP contribution in [0.4, 0.5) is 0 Å². The lowest BCUT2D eigenvalue weighted by Crippen LogP contribution is -2.45. The Bertz CT molecular complexity index is 353. The first-order chi connectivity index (χ1) is 5.70. The van der Waals surface area contributed by atoms with E-state index in [4.69, 9.17) is 0 Å². The fourth-order valence-electron chi connectivity index (χ4n) is 0.965. The average molecular weight is 310 g/mol. The molecule has 0 saturated carbocycles. The Morgan fingerprint density at radius 2 is 2.33 bits per heavy atom. The van der Waals surface area contributed by atoms with Gasteiger partial charge in [-0.15, -0.1) is 11.3 Å². The number of nitrogens with zero attached hydrogens (tertiary/aromatic N) is 1. The number of fused-ring (bicyclic) bond motifs is 1. The van der Waals surface area contributed by atoms with Crippen LogP contribution in [0.25, 0.3) is 0 Å². The molecule has 2 rings (SSSR count). The summed E-state index contributed by atoms with van der Waals surface area (Å²) in [5.41, 5.74) is 0.943. The van der Waals surface area contributed by atoms with E-state index >= 15 is 0 Å². The first-order valence-electron chi connectivity index (χ1n) is 3.14. The van der Waals surface area contributed by atoms with Gasteiger partial charge in [-0.3, -0.25) is 0 Å². The largest absolute Gasteiger partial charge is 0.474 e. The lowest BCUT2D eigenvalue weighted by atomic mass is 9.80. The minimum Gasteiger partial charge on any atom is -0.427 e. The van der Waals surface area contributed by atoms with Crippen LogP contribution >= 0.6 is 43.2 Å². The highest BCUT2D eigenvalue weighted by Gasteiger charge is 2.26. The molecule has 0 spiro atoms. The van der Waals surface area contributed by atoms with Gasteiger partial charge in [0.25, 0.3) is 0 Å². The Hall–Kier alpha value is 0.155. The molecule has 2 heterocycles. The van der Waals surface area contributed by atoms with Crippen LogP contribution in [0.15, 0.2) is 13.4 Å². The van der Waals surface area contributed by atoms with E-state index in [1.165, 1.54) is 11.3 Å². The summed E-state index contributed by atoms with van der Waals surface area (Å²) in [6.45, 7) is 0. The van der Waals surface area contributed by atoms with Gasteiger partial charge in [0.05, 0.1) is 14.5 Å². The van der Waals surface area contributed by atoms with Crippen LogP contribution in [0, 0.1) is 0 Å². The summed E-state index contributed by atoms with van der Waals surface area (Å²) in [5.74, 6) is 0. The van der Waals surface area contributed by atoms with Crippen molar-refractivity contribution in [3.63, 3.8) is 0 Å². The summed E-state index contributed by atoms with van der Waals surface area (Å²) in [6.07, 6.45) is 1.69. The highest BCUT2D eigenvalue weighted by molar-refractivity contribution is 9.13. The Kier molecular flexibility index (Phi) is 2.28. The fraction of sp³-hybridized carbons (Fsp3) is 0. The molecule has 1 aromatic heterocycles. The number of hydrogen-bond acceptors (Lipinski definition) is 4. The molecule has 0 aliphatic carbocycles. The van der Waals surface area contributed by atoms with E-state index in [2.05, 4.69) is 42.3 Å². The van der Waals surface area contributed by atoms with Crippen LogP contribution in [-0.2, 0) is 0 Å². The molecule has 0 atom stereocenters. The van der Waals surface area contributed by atoms with Gasteiger partial charge in [0, 0.05) is 10.3 Å². The van der Waals surface area contributed by atoms with Gasteiger partial charge >= 0.3 is 7.05 Å². The molecule has 0 saturated heterocycles. The predicted molar refractivity (Wildman–Crippen MR) is 58.1 cm³/mol. The third-order valence-electron chi connectivity index (χ3n) is 1.51. The lowest BCUT2D eigenvalue weighted by molar-refractivity contribution is 0.566. The molecule has 0 fully saturated rings. The van der Waals surface area contributed by atoms with Gasteiger partial charge < -0.3 is 10.4 Å². The zero-order valence-corrected chi connectivity index (χ0v) is 9.70. The van der Waals surface area contributed by atoms with Gasteiger partial charge in [0.15, 0.2) is 0 Å². The molecule has 0 radical (unpaired) electrons. The van der Waals surface area contributed by atoms with E-state index in [-0.39, 0.29) is 0 Å². The Labute approximate surface area is 90.3 Å². The maximum absolute atomic E-state index is 9.44. The third kappa shape index (κ3) is 1.24. The molecule has 62 valence electrons. The van der Waals surface area contributed by atoms with E-state index < -0.39 is 7.05 Å². The van der Waals surface area contributed by atoms with Crippen molar-refractivity contribution in [2.45, 2.75) is 0 Å². The average Bonchev–Trinajstić information content (AvgIpc) is 2.32. The maximum Gasteiger partial charge on any atom is 0.474 e. The first-order valence-corrected chi connectivity index (χ1v) is 5.54. The molecule has 0 amide bonds. The van der Waals surface area contributed by atoms with Gasteiger partial charge in [0.1, 0.15) is 0 Å². The molecule has 1 aliphatic rings. The Morgan fingerprint density at radius 3 is 3.00 bits per heavy atom. The molecule has 2 N–H and O–H groups in total. The standard InChI is InChI=1S/C5H3BBr2N2OS/c7-3-2-1-9-10-6(11)4(2)12-5(3)8/h1,10-11H. The number of rotatable bonds is 0. The van der Waals surface area contributed by atoms with Crippen LogP contribution in [0.3, 0.4) is 0 Å². The number of hydrazone groups is 1. The van der Waals surface area contributed by atoms with Crippen LogP contribution in [0.1, 0.15) is 5.56 Å². The monoisotopic (exact) mass is 308 g/mol. The fourth-order valence-corrected chi connectivity index (χ4v) is 3.21. The highest BCUT2D eigenvalue weighted by atomic mass is 79.9. The van der Waals surface area contributed by atoms with E-state index in [1.54, 1.807) is 6.21 Å². The van der Waals surface area contributed by atoms with Crippen molar-refractivity contribution in [2.75, 3.05) is 0 Å². The highest BCUT2D eigenvalue weighted by Crippen LogP contribution is 2.31. The second-order valence-corrected chi connectivity index (χ2v) is 5.42. The molecule has 3 nitrogen and oxygen atoms in total. The second-order valence-electron chi connectivity index (χ2n) is 2.26. The quantitative estimate of drug-likeness (QED) is 0.699. The van der Waals surface area contributed by atoms with Crippen LogP contribution in [0.5, 0.6) is 0 Å². The van der Waals surface area contributed by atoms with Crippen molar-refractivity contribution >= 4 is 61.2 Å². The van der Waals surface area contributed by atoms with Gasteiger partial charge in [0.2, 0.25) is 0 Å². The number of nitrogens with one attached hydrogen (secondary N) is 1. The molecule has 7 heteroatoms. The number of hydrogen-bond donors (Lipinski definition) is 2. The predicted octanol–water partition coefficient (Wildman–Crippen LogP) is 0.898. The summed E-state index contributed by atoms with van der Waals surface area (Å²) < 4.78 is 2.80. The smallest absolute Gasteiger partial charge is 0.427 e. The van der Waals surface area contributed by atoms with Crippen LogP contribution < -0.4 is 10.1 Å². The van der Waals surface area contributed by atoms with Crippen molar-refractivity contribution in [1.82, 2.24) is 5.34 Å². The van der Waals surface area contributed by atoms with Crippen molar-refractivity contribution in [2.24, 2.45) is 5.10 Å². The van der Waals surface area contributed by atoms with E-state index in [0.29, 0.717) is 0 Å². The molecule has 1 aromatic rings. The minimum absolute atomic E-state index is 0.683. The molecule has 1 aliphatic heterocycles. The topological polar surface area (TPSA) is 44.6 Å². The summed E-state index contributed by atoms with van der Waals surface area (Å²) in [4.78, 5) is 0. The number of thiophene rings is 1. The summed E-state index contributed by atoms with van der Waals surface area (Å²) in [5, 5.41) is 15.8. The number of halogens is 2. The minimum atomic E-state index is -0.683. The zero-order chi connectivity index (χ0) is 8.72. The normalized spacial score (nSPS) is 14.4. The summed E-state index contributed by atoms with van der Waals surface area (Å²) in [6, 6.07) is 0. The molecular weight excluding hydrogens is 307 g/mol. The van der Waals surface area contributed by atoms with Crippen LogP contribution in [-0.4, -0.2) is 18.3 Å². The van der Waals surface area contributed by atoms with Gasteiger partial charge in [-0.1, -0.05) is 0 Å². The van der Waals surface area contributed by atoms with Gasteiger partial charge in [-0.25, -0.2) is 0 Å². The molecule has 0 unspecified atom stereocenters. The van der Waals surface area contributed by atoms with Gasteiger partial charge in [-0.2, -0.15) is 5.10 Å². The summed E-state index contributed by atoms with van der Waals surface area (Å²) in [7, 11) is -0.683. The van der Waals surface area contributed by atoms with Crippen LogP contribution in [0.2, 0.25) is 0 Å². The van der Waals surface area contributed by atoms with Crippen molar-refractivity contribution < 1.29 is 5.02 Å². The molecule has 12 heavy (non-hydrogen) atoms. The zero-order valence-electron chi connectivity index (χ0n) is 5.71. The SMILES string of the molecule is OB1NN=Cc2c1sc(Br)c2Br. The van der Waals surface area contributed by atoms with Crippen molar-refractivity contribution in [3.8, 4) is 0 Å². The van der Waals surface area contributed by atoms with E-state index in [9.17, 15) is 5.02 Å². The van der Waals surface area contributed by atoms with E-state index in [0.717, 1.165) is 18.6 Å². The molecule has 0 bridgehead atoms. The summed E-state index contributed by atoms with van der Waals surface area (Å²) >= 11 is 8.26.